The Balaban J connectivity index is 1.72. The molecule has 1 amide bonds. The summed E-state index contributed by atoms with van der Waals surface area (Å²) in [5.74, 6) is 1.63. The monoisotopic (exact) mass is 273 g/mol. The highest BCUT2D eigenvalue weighted by molar-refractivity contribution is 5.94. The number of hydrogen-bond donors (Lipinski definition) is 1. The van der Waals surface area contributed by atoms with Gasteiger partial charge in [-0.25, -0.2) is 0 Å². The number of rotatable bonds is 2. The average Bonchev–Trinajstić information content (AvgIpc) is 2.76. The summed E-state index contributed by atoms with van der Waals surface area (Å²) in [6.45, 7) is 2.06. The molecule has 104 valence electrons. The lowest BCUT2D eigenvalue weighted by Crippen LogP contribution is -2.40. The van der Waals surface area contributed by atoms with E-state index in [2.05, 4.69) is 10.4 Å². The highest BCUT2D eigenvalue weighted by Crippen LogP contribution is 2.31. The van der Waals surface area contributed by atoms with E-state index in [1.54, 1.807) is 23.9 Å². The number of amides is 1. The Kier molecular flexibility index (Phi) is 3.06. The van der Waals surface area contributed by atoms with Gasteiger partial charge in [-0.3, -0.25) is 9.48 Å². The summed E-state index contributed by atoms with van der Waals surface area (Å²) >= 11 is 0. The van der Waals surface area contributed by atoms with Gasteiger partial charge in [0.15, 0.2) is 11.5 Å². The SMILES string of the molecule is Cc1cc(NC(=O)[C@@H]2COc3ccccc3O2)n(C)n1. The van der Waals surface area contributed by atoms with E-state index >= 15 is 0 Å². The number of benzene rings is 1. The number of carbonyl (C=O) groups excluding carboxylic acids is 1. The molecule has 6 nitrogen and oxygen atoms in total. The Bertz CT molecular complexity index is 651. The van der Waals surface area contributed by atoms with Crippen molar-refractivity contribution in [2.24, 2.45) is 7.05 Å². The van der Waals surface area contributed by atoms with Gasteiger partial charge in [-0.2, -0.15) is 5.10 Å². The standard InChI is InChI=1S/C14H15N3O3/c1-9-7-13(17(2)16-9)15-14(18)12-8-19-10-5-3-4-6-11(10)20-12/h3-7,12H,8H2,1-2H3,(H,15,18)/t12-/m0/s1. The molecule has 3 rings (SSSR count). The maximum atomic E-state index is 12.2. The van der Waals surface area contributed by atoms with E-state index in [4.69, 9.17) is 9.47 Å². The van der Waals surface area contributed by atoms with Crippen molar-refractivity contribution < 1.29 is 14.3 Å². The molecule has 0 saturated heterocycles. The molecule has 0 spiro atoms. The van der Waals surface area contributed by atoms with Gasteiger partial charge < -0.3 is 14.8 Å². The Morgan fingerprint density at radius 3 is 2.85 bits per heavy atom. The molecule has 20 heavy (non-hydrogen) atoms. The fraction of sp³-hybridized carbons (Fsp3) is 0.286. The third kappa shape index (κ3) is 2.32. The highest BCUT2D eigenvalue weighted by atomic mass is 16.6. The van der Waals surface area contributed by atoms with Crippen LogP contribution >= 0.6 is 0 Å². The van der Waals surface area contributed by atoms with Crippen molar-refractivity contribution in [3.63, 3.8) is 0 Å². The van der Waals surface area contributed by atoms with Crippen molar-refractivity contribution in [2.45, 2.75) is 13.0 Å². The first-order chi connectivity index (χ1) is 9.63. The van der Waals surface area contributed by atoms with Gasteiger partial charge >= 0.3 is 0 Å². The van der Waals surface area contributed by atoms with Crippen LogP contribution in [0.2, 0.25) is 0 Å². The number of nitrogens with one attached hydrogen (secondary N) is 1. The second kappa shape index (κ2) is 4.88. The molecule has 2 aromatic rings. The predicted octanol–water partition coefficient (Wildman–Crippen LogP) is 1.51. The molecular formula is C14H15N3O3. The molecular weight excluding hydrogens is 258 g/mol. The van der Waals surface area contributed by atoms with Crippen molar-refractivity contribution in [2.75, 3.05) is 11.9 Å². The number of hydrogen-bond acceptors (Lipinski definition) is 4. The fourth-order valence-corrected chi connectivity index (χ4v) is 2.08. The number of aryl methyl sites for hydroxylation is 2. The molecule has 0 radical (unpaired) electrons. The van der Waals surface area contributed by atoms with Gasteiger partial charge in [0.1, 0.15) is 12.4 Å². The smallest absolute Gasteiger partial charge is 0.270 e. The first-order valence-electron chi connectivity index (χ1n) is 6.33. The van der Waals surface area contributed by atoms with Gasteiger partial charge in [0.05, 0.1) is 5.69 Å². The average molecular weight is 273 g/mol. The van der Waals surface area contributed by atoms with Crippen LogP contribution in [0.4, 0.5) is 5.82 Å². The summed E-state index contributed by atoms with van der Waals surface area (Å²) < 4.78 is 12.8. The molecule has 1 aliphatic rings. The van der Waals surface area contributed by atoms with Crippen molar-refractivity contribution in [1.29, 1.82) is 0 Å². The van der Waals surface area contributed by atoms with Crippen molar-refractivity contribution in [3.8, 4) is 11.5 Å². The summed E-state index contributed by atoms with van der Waals surface area (Å²) in [6.07, 6.45) is -0.667. The van der Waals surface area contributed by atoms with Crippen molar-refractivity contribution in [3.05, 3.63) is 36.0 Å². The summed E-state index contributed by atoms with van der Waals surface area (Å²) in [7, 11) is 1.77. The molecule has 1 aliphatic heterocycles. The number of ether oxygens (including phenoxy) is 2. The molecule has 0 bridgehead atoms. The number of fused-ring (bicyclic) bond motifs is 1. The Morgan fingerprint density at radius 2 is 2.15 bits per heavy atom. The van der Waals surface area contributed by atoms with Crippen LogP contribution in [-0.2, 0) is 11.8 Å². The lowest BCUT2D eigenvalue weighted by molar-refractivity contribution is -0.125. The van der Waals surface area contributed by atoms with E-state index in [1.165, 1.54) is 0 Å². The van der Waals surface area contributed by atoms with Gasteiger partial charge in [-0.15, -0.1) is 0 Å². The maximum absolute atomic E-state index is 12.2. The number of nitrogens with zero attached hydrogens (tertiary/aromatic N) is 2. The zero-order valence-electron chi connectivity index (χ0n) is 11.3. The minimum atomic E-state index is -0.667. The summed E-state index contributed by atoms with van der Waals surface area (Å²) in [4.78, 5) is 12.2. The fourth-order valence-electron chi connectivity index (χ4n) is 2.08. The number of anilines is 1. The molecule has 0 fully saturated rings. The minimum Gasteiger partial charge on any atom is -0.485 e. The Labute approximate surface area is 116 Å². The van der Waals surface area contributed by atoms with E-state index in [9.17, 15) is 4.79 Å². The van der Waals surface area contributed by atoms with Gasteiger partial charge in [-0.1, -0.05) is 12.1 Å². The molecule has 1 atom stereocenters. The van der Waals surface area contributed by atoms with Gasteiger partial charge in [0.25, 0.3) is 5.91 Å². The second-order valence-electron chi connectivity index (χ2n) is 4.65. The van der Waals surface area contributed by atoms with Crippen LogP contribution in [0.5, 0.6) is 11.5 Å². The third-order valence-electron chi connectivity index (χ3n) is 3.05. The third-order valence-corrected chi connectivity index (χ3v) is 3.05. The van der Waals surface area contributed by atoms with Gasteiger partial charge in [-0.05, 0) is 19.1 Å². The molecule has 1 aromatic heterocycles. The Morgan fingerprint density at radius 1 is 1.40 bits per heavy atom. The number of aromatic nitrogens is 2. The second-order valence-corrected chi connectivity index (χ2v) is 4.65. The van der Waals surface area contributed by atoms with E-state index in [0.717, 1.165) is 5.69 Å². The summed E-state index contributed by atoms with van der Waals surface area (Å²) in [6, 6.07) is 9.10. The zero-order valence-corrected chi connectivity index (χ0v) is 11.3. The van der Waals surface area contributed by atoms with Crippen LogP contribution in [0.3, 0.4) is 0 Å². The quantitative estimate of drug-likeness (QED) is 0.900. The Hall–Kier alpha value is -2.50. The minimum absolute atomic E-state index is 0.194. The molecule has 0 aliphatic carbocycles. The number of para-hydroxylation sites is 2. The van der Waals surface area contributed by atoms with Crippen LogP contribution in [0, 0.1) is 6.92 Å². The van der Waals surface area contributed by atoms with Crippen LogP contribution < -0.4 is 14.8 Å². The topological polar surface area (TPSA) is 65.4 Å². The van der Waals surface area contributed by atoms with Gasteiger partial charge in [0, 0.05) is 13.1 Å². The highest BCUT2D eigenvalue weighted by Gasteiger charge is 2.27. The first kappa shape index (κ1) is 12.5. The maximum Gasteiger partial charge on any atom is 0.270 e. The lowest BCUT2D eigenvalue weighted by Gasteiger charge is -2.25. The van der Waals surface area contributed by atoms with E-state index < -0.39 is 6.10 Å². The van der Waals surface area contributed by atoms with Crippen molar-refractivity contribution >= 4 is 11.7 Å². The largest absolute Gasteiger partial charge is 0.485 e. The van der Waals surface area contributed by atoms with E-state index in [1.807, 2.05) is 25.1 Å². The normalized spacial score (nSPS) is 16.8. The van der Waals surface area contributed by atoms with E-state index in [-0.39, 0.29) is 12.5 Å². The van der Waals surface area contributed by atoms with Gasteiger partial charge in [0.2, 0.25) is 6.10 Å². The lowest BCUT2D eigenvalue weighted by atomic mass is 10.2. The molecule has 0 unspecified atom stereocenters. The first-order valence-corrected chi connectivity index (χ1v) is 6.33. The number of carbonyl (C=O) groups is 1. The summed E-state index contributed by atoms with van der Waals surface area (Å²) in [5.41, 5.74) is 0.842. The predicted molar refractivity (Wildman–Crippen MR) is 72.9 cm³/mol. The van der Waals surface area contributed by atoms with Crippen LogP contribution in [0.1, 0.15) is 5.69 Å². The molecule has 2 heterocycles. The van der Waals surface area contributed by atoms with E-state index in [0.29, 0.717) is 17.3 Å². The van der Waals surface area contributed by atoms with Crippen LogP contribution in [-0.4, -0.2) is 28.4 Å². The molecule has 0 saturated carbocycles. The van der Waals surface area contributed by atoms with Crippen LogP contribution in [0.25, 0.3) is 0 Å². The van der Waals surface area contributed by atoms with Crippen LogP contribution in [0.15, 0.2) is 30.3 Å². The zero-order chi connectivity index (χ0) is 14.1. The molecule has 1 aromatic carbocycles. The summed E-state index contributed by atoms with van der Waals surface area (Å²) in [5, 5.41) is 6.96. The molecule has 6 heteroatoms. The molecule has 1 N–H and O–H groups in total. The van der Waals surface area contributed by atoms with Crippen molar-refractivity contribution in [1.82, 2.24) is 9.78 Å².